The van der Waals surface area contributed by atoms with Crippen LogP contribution in [-0.4, -0.2) is 88.0 Å². The van der Waals surface area contributed by atoms with E-state index in [0.29, 0.717) is 32.8 Å². The van der Waals surface area contributed by atoms with Gasteiger partial charge >= 0.3 is 0 Å². The number of ether oxygens (including phenoxy) is 1. The van der Waals surface area contributed by atoms with Gasteiger partial charge < -0.3 is 24.8 Å². The second-order valence-corrected chi connectivity index (χ2v) is 9.63. The lowest BCUT2D eigenvalue weighted by Gasteiger charge is -2.44. The lowest BCUT2D eigenvalue weighted by atomic mass is 9.93. The number of fused-ring (bicyclic) bond motifs is 1. The maximum absolute atomic E-state index is 13.7. The van der Waals surface area contributed by atoms with Gasteiger partial charge in [0.25, 0.3) is 11.8 Å². The Bertz CT molecular complexity index is 1090. The van der Waals surface area contributed by atoms with Gasteiger partial charge in [-0.15, -0.1) is 0 Å². The number of amides is 3. The highest BCUT2D eigenvalue weighted by atomic mass is 16.5. The van der Waals surface area contributed by atoms with Crippen molar-refractivity contribution in [2.45, 2.75) is 44.4 Å². The molecular formula is C25H32N6O4. The zero-order valence-electron chi connectivity index (χ0n) is 20.0. The molecule has 1 aliphatic carbocycles. The standard InChI is InChI=1S/C25H32N6O4/c1-25(24(34)27-15-18-5-3-2-4-6-18)16-30-17-28-20(21(30)23(33)31(25)19-7-8-19)22(32)26-9-10-29-11-13-35-14-12-29/h2-6,17,19H,7-16H2,1H3,(H,26,32)(H,27,34)/t25-/m0/s1. The summed E-state index contributed by atoms with van der Waals surface area (Å²) in [6.45, 7) is 6.70. The topological polar surface area (TPSA) is 109 Å². The second kappa shape index (κ2) is 9.79. The number of nitrogens with zero attached hydrogens (tertiary/aromatic N) is 4. The van der Waals surface area contributed by atoms with Crippen molar-refractivity contribution in [3.63, 3.8) is 0 Å². The van der Waals surface area contributed by atoms with Gasteiger partial charge in [-0.25, -0.2) is 4.98 Å². The van der Waals surface area contributed by atoms with Gasteiger partial charge in [0.1, 0.15) is 11.2 Å². The number of carbonyl (C=O) groups is 3. The number of benzene rings is 1. The number of hydrogen-bond donors (Lipinski definition) is 2. The third-order valence-corrected chi connectivity index (χ3v) is 7.00. The van der Waals surface area contributed by atoms with E-state index in [0.717, 1.165) is 31.5 Å². The maximum Gasteiger partial charge on any atom is 0.274 e. The molecule has 3 aliphatic rings. The first-order valence-electron chi connectivity index (χ1n) is 12.3. The molecular weight excluding hydrogens is 448 g/mol. The molecule has 1 saturated carbocycles. The average Bonchev–Trinajstić information content (AvgIpc) is 3.61. The quantitative estimate of drug-likeness (QED) is 0.574. The summed E-state index contributed by atoms with van der Waals surface area (Å²) in [5.74, 6) is -0.891. The molecule has 1 aromatic carbocycles. The van der Waals surface area contributed by atoms with Gasteiger partial charge in [-0.05, 0) is 25.3 Å². The van der Waals surface area contributed by atoms with Crippen molar-refractivity contribution in [1.82, 2.24) is 30.0 Å². The highest BCUT2D eigenvalue weighted by molar-refractivity contribution is 6.07. The number of carbonyl (C=O) groups excluding carboxylic acids is 3. The van der Waals surface area contributed by atoms with Crippen LogP contribution in [0, 0.1) is 0 Å². The molecule has 10 nitrogen and oxygen atoms in total. The van der Waals surface area contributed by atoms with Gasteiger partial charge in [0.05, 0.1) is 26.1 Å². The lowest BCUT2D eigenvalue weighted by molar-refractivity contribution is -0.133. The number of nitrogens with one attached hydrogen (secondary N) is 2. The Morgan fingerprint density at radius 1 is 1.14 bits per heavy atom. The normalized spacial score (nSPS) is 22.5. The highest BCUT2D eigenvalue weighted by Gasteiger charge is 2.53. The van der Waals surface area contributed by atoms with Crippen molar-refractivity contribution in [2.75, 3.05) is 39.4 Å². The number of aromatic nitrogens is 2. The van der Waals surface area contributed by atoms with Crippen molar-refractivity contribution in [2.24, 2.45) is 0 Å². The van der Waals surface area contributed by atoms with E-state index >= 15 is 0 Å². The predicted molar refractivity (Wildman–Crippen MR) is 128 cm³/mol. The summed E-state index contributed by atoms with van der Waals surface area (Å²) in [5, 5.41) is 5.90. The summed E-state index contributed by atoms with van der Waals surface area (Å²) in [6.07, 6.45) is 3.20. The molecule has 10 heteroatoms. The minimum Gasteiger partial charge on any atom is -0.379 e. The molecule has 0 radical (unpaired) electrons. The van der Waals surface area contributed by atoms with Gasteiger partial charge in [0.15, 0.2) is 5.69 Å². The van der Waals surface area contributed by atoms with Crippen LogP contribution in [0.5, 0.6) is 0 Å². The van der Waals surface area contributed by atoms with E-state index in [9.17, 15) is 14.4 Å². The first kappa shape index (κ1) is 23.5. The van der Waals surface area contributed by atoms with Crippen LogP contribution in [0.2, 0.25) is 0 Å². The van der Waals surface area contributed by atoms with Crippen LogP contribution in [0.25, 0.3) is 0 Å². The van der Waals surface area contributed by atoms with Gasteiger partial charge in [0.2, 0.25) is 5.91 Å². The molecule has 3 amide bonds. The Morgan fingerprint density at radius 2 is 1.89 bits per heavy atom. The molecule has 1 saturated heterocycles. The van der Waals surface area contributed by atoms with Crippen LogP contribution in [0.4, 0.5) is 0 Å². The van der Waals surface area contributed by atoms with Gasteiger partial charge in [-0.1, -0.05) is 30.3 Å². The van der Waals surface area contributed by atoms with E-state index in [2.05, 4.69) is 20.5 Å². The molecule has 2 N–H and O–H groups in total. The van der Waals surface area contributed by atoms with Crippen molar-refractivity contribution >= 4 is 17.7 Å². The Morgan fingerprint density at radius 3 is 2.60 bits per heavy atom. The van der Waals surface area contributed by atoms with Gasteiger partial charge in [0, 0.05) is 38.8 Å². The van der Waals surface area contributed by atoms with Crippen LogP contribution in [0.1, 0.15) is 46.3 Å². The van der Waals surface area contributed by atoms with Crippen molar-refractivity contribution in [3.05, 3.63) is 53.6 Å². The summed E-state index contributed by atoms with van der Waals surface area (Å²) in [7, 11) is 0. The zero-order chi connectivity index (χ0) is 24.4. The fraction of sp³-hybridized carbons (Fsp3) is 0.520. The summed E-state index contributed by atoms with van der Waals surface area (Å²) in [4.78, 5) is 48.2. The molecule has 0 spiro atoms. The van der Waals surface area contributed by atoms with E-state index in [1.807, 2.05) is 30.3 Å². The molecule has 35 heavy (non-hydrogen) atoms. The summed E-state index contributed by atoms with van der Waals surface area (Å²) in [5.41, 5.74) is 0.303. The fourth-order valence-corrected chi connectivity index (χ4v) is 4.93. The molecule has 2 aromatic rings. The van der Waals surface area contributed by atoms with Crippen molar-refractivity contribution < 1.29 is 19.1 Å². The Balaban J connectivity index is 1.30. The van der Waals surface area contributed by atoms with Crippen LogP contribution < -0.4 is 10.6 Å². The smallest absolute Gasteiger partial charge is 0.274 e. The average molecular weight is 481 g/mol. The van der Waals surface area contributed by atoms with E-state index in [4.69, 9.17) is 4.74 Å². The lowest BCUT2D eigenvalue weighted by Crippen LogP contribution is -2.64. The summed E-state index contributed by atoms with van der Waals surface area (Å²) < 4.78 is 7.01. The summed E-state index contributed by atoms with van der Waals surface area (Å²) >= 11 is 0. The van der Waals surface area contributed by atoms with E-state index in [-0.39, 0.29) is 41.7 Å². The third-order valence-electron chi connectivity index (χ3n) is 7.00. The molecule has 2 fully saturated rings. The maximum atomic E-state index is 13.7. The van der Waals surface area contributed by atoms with E-state index in [1.165, 1.54) is 6.33 Å². The van der Waals surface area contributed by atoms with E-state index < -0.39 is 5.54 Å². The first-order valence-corrected chi connectivity index (χ1v) is 12.3. The molecule has 3 heterocycles. The Hall–Kier alpha value is -3.24. The minimum absolute atomic E-state index is 0.00384. The SMILES string of the molecule is C[C@@]1(C(=O)NCc2ccccc2)Cn2cnc(C(=O)NCCN3CCOCC3)c2C(=O)N1C1CC1. The Kier molecular flexibility index (Phi) is 6.57. The first-order chi connectivity index (χ1) is 17.0. The predicted octanol–water partition coefficient (Wildman–Crippen LogP) is 0.638. The van der Waals surface area contributed by atoms with Crippen LogP contribution in [0.15, 0.2) is 36.7 Å². The van der Waals surface area contributed by atoms with Crippen LogP contribution in [0.3, 0.4) is 0 Å². The molecule has 2 aliphatic heterocycles. The molecule has 1 aromatic heterocycles. The molecule has 0 bridgehead atoms. The van der Waals surface area contributed by atoms with Gasteiger partial charge in [-0.3, -0.25) is 19.3 Å². The fourth-order valence-electron chi connectivity index (χ4n) is 4.93. The van der Waals surface area contributed by atoms with Gasteiger partial charge in [-0.2, -0.15) is 0 Å². The van der Waals surface area contributed by atoms with Crippen molar-refractivity contribution in [1.29, 1.82) is 0 Å². The monoisotopic (exact) mass is 480 g/mol. The second-order valence-electron chi connectivity index (χ2n) is 9.63. The zero-order valence-corrected chi connectivity index (χ0v) is 20.0. The number of rotatable bonds is 8. The number of imidazole rings is 1. The van der Waals surface area contributed by atoms with Crippen molar-refractivity contribution in [3.8, 4) is 0 Å². The van der Waals surface area contributed by atoms with Crippen LogP contribution in [-0.2, 0) is 22.6 Å². The Labute approximate surface area is 204 Å². The molecule has 0 unspecified atom stereocenters. The van der Waals surface area contributed by atoms with E-state index in [1.54, 1.807) is 16.4 Å². The summed E-state index contributed by atoms with van der Waals surface area (Å²) in [6, 6.07) is 9.68. The molecule has 5 rings (SSSR count). The van der Waals surface area contributed by atoms with Crippen LogP contribution >= 0.6 is 0 Å². The molecule has 1 atom stereocenters. The molecule has 186 valence electrons. The number of morpholine rings is 1. The largest absolute Gasteiger partial charge is 0.379 e. The highest BCUT2D eigenvalue weighted by Crippen LogP contribution is 2.38. The number of hydrogen-bond acceptors (Lipinski definition) is 6. The third kappa shape index (κ3) is 4.81. The minimum atomic E-state index is -1.06.